The Kier molecular flexibility index (Phi) is 5.21. The van der Waals surface area contributed by atoms with E-state index in [0.717, 1.165) is 6.42 Å². The number of carbonyl (C=O) groups excluding carboxylic acids is 2. The van der Waals surface area contributed by atoms with E-state index in [1.165, 1.54) is 7.11 Å². The summed E-state index contributed by atoms with van der Waals surface area (Å²) < 4.78 is 10.1. The highest BCUT2D eigenvalue weighted by Crippen LogP contribution is 2.24. The molecular weight excluding hydrogens is 310 g/mol. The predicted molar refractivity (Wildman–Crippen MR) is 92.0 cm³/mol. The van der Waals surface area contributed by atoms with Crippen molar-refractivity contribution in [2.75, 3.05) is 31.2 Å². The monoisotopic (exact) mass is 335 g/mol. The van der Waals surface area contributed by atoms with Crippen molar-refractivity contribution >= 4 is 23.4 Å². The molecule has 1 fully saturated rings. The van der Waals surface area contributed by atoms with Crippen LogP contribution in [0.3, 0.4) is 0 Å². The highest BCUT2D eigenvalue weighted by Gasteiger charge is 2.30. The molecule has 1 aliphatic heterocycles. The van der Waals surface area contributed by atoms with E-state index < -0.39 is 11.6 Å². The van der Waals surface area contributed by atoms with E-state index in [9.17, 15) is 9.59 Å². The van der Waals surface area contributed by atoms with Gasteiger partial charge in [0, 0.05) is 19.1 Å². The van der Waals surface area contributed by atoms with Crippen molar-refractivity contribution in [2.45, 2.75) is 38.8 Å². The van der Waals surface area contributed by atoms with E-state index in [1.54, 1.807) is 23.1 Å². The van der Waals surface area contributed by atoms with Gasteiger partial charge in [-0.1, -0.05) is 0 Å². The molecule has 0 aromatic heterocycles. The number of esters is 1. The molecule has 2 rings (SSSR count). The van der Waals surface area contributed by atoms with Gasteiger partial charge in [-0.3, -0.25) is 0 Å². The van der Waals surface area contributed by atoms with Gasteiger partial charge in [0.2, 0.25) is 0 Å². The number of nitrogens with two attached hydrogens (primary N) is 1. The summed E-state index contributed by atoms with van der Waals surface area (Å²) in [5, 5.41) is 3.29. The third-order valence-corrected chi connectivity index (χ3v) is 3.67. The molecule has 0 aliphatic carbocycles. The number of carbonyl (C=O) groups is 2. The summed E-state index contributed by atoms with van der Waals surface area (Å²) in [4.78, 5) is 25.4. The van der Waals surface area contributed by atoms with Crippen LogP contribution in [-0.4, -0.2) is 48.8 Å². The van der Waals surface area contributed by atoms with Crippen LogP contribution >= 0.6 is 0 Å². The quantitative estimate of drug-likeness (QED) is 0.651. The number of amides is 1. The van der Waals surface area contributed by atoms with Crippen molar-refractivity contribution in [3.8, 4) is 0 Å². The molecule has 24 heavy (non-hydrogen) atoms. The number of nitrogen functional groups attached to an aromatic ring is 1. The van der Waals surface area contributed by atoms with E-state index in [2.05, 4.69) is 5.32 Å². The van der Waals surface area contributed by atoms with E-state index >= 15 is 0 Å². The van der Waals surface area contributed by atoms with Crippen LogP contribution in [0.4, 0.5) is 16.2 Å². The molecule has 1 saturated heterocycles. The normalized spacial score (nSPS) is 17.5. The molecule has 1 heterocycles. The zero-order valence-electron chi connectivity index (χ0n) is 14.6. The molecule has 0 radical (unpaired) electrons. The Morgan fingerprint density at radius 2 is 2.04 bits per heavy atom. The molecule has 1 atom stereocenters. The topological polar surface area (TPSA) is 93.9 Å². The van der Waals surface area contributed by atoms with Gasteiger partial charge < -0.3 is 25.4 Å². The van der Waals surface area contributed by atoms with Gasteiger partial charge >= 0.3 is 12.1 Å². The Labute approximate surface area is 142 Å². The molecule has 3 N–H and O–H groups in total. The average Bonchev–Trinajstić information content (AvgIpc) is 2.96. The summed E-state index contributed by atoms with van der Waals surface area (Å²) in [6, 6.07) is 4.99. The molecule has 1 amide bonds. The lowest BCUT2D eigenvalue weighted by atomic mass is 10.1. The molecule has 0 saturated carbocycles. The first-order chi connectivity index (χ1) is 11.2. The van der Waals surface area contributed by atoms with Crippen LogP contribution < -0.4 is 11.1 Å². The maximum Gasteiger partial charge on any atom is 0.410 e. The largest absolute Gasteiger partial charge is 0.465 e. The molecular formula is C17H25N3O4. The first kappa shape index (κ1) is 17.9. The smallest absolute Gasteiger partial charge is 0.410 e. The van der Waals surface area contributed by atoms with E-state index in [0.29, 0.717) is 30.0 Å². The van der Waals surface area contributed by atoms with Gasteiger partial charge in [0.05, 0.1) is 24.0 Å². The SMILES string of the molecule is COC(=O)c1ccc(N)c(N[C@@H]2CCN(C(=O)OC(C)(C)C)C2)c1. The van der Waals surface area contributed by atoms with E-state index in [1.807, 2.05) is 20.8 Å². The first-order valence-electron chi connectivity index (χ1n) is 7.92. The summed E-state index contributed by atoms with van der Waals surface area (Å²) in [6.07, 6.45) is 0.462. The third kappa shape index (κ3) is 4.53. The fourth-order valence-electron chi connectivity index (χ4n) is 2.52. The second kappa shape index (κ2) is 6.98. The van der Waals surface area contributed by atoms with Crippen LogP contribution in [0.5, 0.6) is 0 Å². The number of benzene rings is 1. The Hall–Kier alpha value is -2.44. The van der Waals surface area contributed by atoms with E-state index in [-0.39, 0.29) is 12.1 Å². The third-order valence-electron chi connectivity index (χ3n) is 3.67. The number of rotatable bonds is 3. The van der Waals surface area contributed by atoms with Gasteiger partial charge in [-0.05, 0) is 45.4 Å². The van der Waals surface area contributed by atoms with Crippen LogP contribution in [0.2, 0.25) is 0 Å². The molecule has 7 heteroatoms. The number of likely N-dealkylation sites (tertiary alicyclic amines) is 1. The van der Waals surface area contributed by atoms with Gasteiger partial charge in [-0.2, -0.15) is 0 Å². The maximum atomic E-state index is 12.1. The highest BCUT2D eigenvalue weighted by atomic mass is 16.6. The lowest BCUT2D eigenvalue weighted by Crippen LogP contribution is -2.36. The minimum absolute atomic E-state index is 0.0488. The standard InChI is InChI=1S/C17H25N3O4/c1-17(2,3)24-16(22)20-8-7-12(10-20)19-14-9-11(15(21)23-4)5-6-13(14)18/h5-6,9,12,19H,7-8,10,18H2,1-4H3/t12-/m1/s1. The van der Waals surface area contributed by atoms with Gasteiger partial charge in [0.25, 0.3) is 0 Å². The number of nitrogens with zero attached hydrogens (tertiary/aromatic N) is 1. The first-order valence-corrected chi connectivity index (χ1v) is 7.92. The average molecular weight is 335 g/mol. The summed E-state index contributed by atoms with van der Waals surface area (Å²) in [7, 11) is 1.33. The molecule has 7 nitrogen and oxygen atoms in total. The van der Waals surface area contributed by atoms with Crippen molar-refractivity contribution in [1.82, 2.24) is 4.90 Å². The van der Waals surface area contributed by atoms with Crippen LogP contribution in [0.15, 0.2) is 18.2 Å². The predicted octanol–water partition coefficient (Wildman–Crippen LogP) is 2.48. The molecule has 0 spiro atoms. The summed E-state index contributed by atoms with van der Waals surface area (Å²) in [5.74, 6) is -0.417. The van der Waals surface area contributed by atoms with Gasteiger partial charge in [-0.25, -0.2) is 9.59 Å². The lowest BCUT2D eigenvalue weighted by molar-refractivity contribution is 0.0293. The summed E-state index contributed by atoms with van der Waals surface area (Å²) in [5.41, 5.74) is 7.08. The Balaban J connectivity index is 2.00. The Morgan fingerprint density at radius 3 is 2.67 bits per heavy atom. The van der Waals surface area contributed by atoms with Crippen LogP contribution in [0.1, 0.15) is 37.6 Å². The molecule has 1 aromatic carbocycles. The van der Waals surface area contributed by atoms with Gasteiger partial charge in [-0.15, -0.1) is 0 Å². The van der Waals surface area contributed by atoms with Crippen LogP contribution in [0, 0.1) is 0 Å². The second-order valence-electron chi connectivity index (χ2n) is 6.85. The number of hydrogen-bond acceptors (Lipinski definition) is 6. The Morgan fingerprint density at radius 1 is 1.33 bits per heavy atom. The van der Waals surface area contributed by atoms with E-state index in [4.69, 9.17) is 15.2 Å². The molecule has 132 valence electrons. The minimum atomic E-state index is -0.512. The molecule has 0 unspecified atom stereocenters. The van der Waals surface area contributed by atoms with Gasteiger partial charge in [0.15, 0.2) is 0 Å². The number of nitrogens with one attached hydrogen (secondary N) is 1. The molecule has 1 aliphatic rings. The van der Waals surface area contributed by atoms with Crippen molar-refractivity contribution in [3.63, 3.8) is 0 Å². The molecule has 0 bridgehead atoms. The highest BCUT2D eigenvalue weighted by molar-refractivity contribution is 5.92. The fraction of sp³-hybridized carbons (Fsp3) is 0.529. The van der Waals surface area contributed by atoms with Crippen molar-refractivity contribution in [3.05, 3.63) is 23.8 Å². The minimum Gasteiger partial charge on any atom is -0.465 e. The molecule has 1 aromatic rings. The van der Waals surface area contributed by atoms with Crippen molar-refractivity contribution in [1.29, 1.82) is 0 Å². The zero-order valence-corrected chi connectivity index (χ0v) is 14.6. The summed E-state index contributed by atoms with van der Waals surface area (Å²) in [6.45, 7) is 6.67. The Bertz CT molecular complexity index is 625. The van der Waals surface area contributed by atoms with Crippen molar-refractivity contribution < 1.29 is 19.1 Å². The summed E-state index contributed by atoms with van der Waals surface area (Å²) >= 11 is 0. The number of methoxy groups -OCH3 is 1. The zero-order chi connectivity index (χ0) is 17.9. The lowest BCUT2D eigenvalue weighted by Gasteiger charge is -2.24. The van der Waals surface area contributed by atoms with Crippen LogP contribution in [-0.2, 0) is 9.47 Å². The van der Waals surface area contributed by atoms with Gasteiger partial charge in [0.1, 0.15) is 5.60 Å². The second-order valence-corrected chi connectivity index (χ2v) is 6.85. The van der Waals surface area contributed by atoms with Crippen LogP contribution in [0.25, 0.3) is 0 Å². The number of hydrogen-bond donors (Lipinski definition) is 2. The number of anilines is 2. The maximum absolute atomic E-state index is 12.1. The fourth-order valence-corrected chi connectivity index (χ4v) is 2.52. The van der Waals surface area contributed by atoms with Crippen molar-refractivity contribution in [2.24, 2.45) is 0 Å². The number of ether oxygens (including phenoxy) is 2.